The highest BCUT2D eigenvalue weighted by molar-refractivity contribution is 5.68. The lowest BCUT2D eigenvalue weighted by molar-refractivity contribution is 0.0283. The number of likely N-dealkylation sites (tertiary alicyclic amines) is 1. The second kappa shape index (κ2) is 6.02. The van der Waals surface area contributed by atoms with Crippen molar-refractivity contribution in [3.63, 3.8) is 0 Å². The van der Waals surface area contributed by atoms with Crippen LogP contribution in [0.3, 0.4) is 0 Å². The first-order chi connectivity index (χ1) is 9.80. The third kappa shape index (κ3) is 3.94. The van der Waals surface area contributed by atoms with Crippen molar-refractivity contribution in [1.29, 1.82) is 0 Å². The molecule has 0 saturated carbocycles. The molecule has 1 aromatic carbocycles. The lowest BCUT2D eigenvalue weighted by atomic mass is 9.89. The molecule has 0 radical (unpaired) electrons. The molecule has 4 nitrogen and oxygen atoms in total. The Labute approximate surface area is 124 Å². The number of ether oxygens (including phenoxy) is 1. The minimum atomic E-state index is -0.553. The predicted octanol–water partition coefficient (Wildman–Crippen LogP) is 2.77. The Bertz CT molecular complexity index is 512. The highest BCUT2D eigenvalue weighted by atomic mass is 19.1. The maximum atomic E-state index is 13.4. The maximum Gasteiger partial charge on any atom is 0.410 e. The van der Waals surface area contributed by atoms with Crippen LogP contribution in [0.15, 0.2) is 24.3 Å². The van der Waals surface area contributed by atoms with Gasteiger partial charge in [0.25, 0.3) is 0 Å². The average Bonchev–Trinajstić information content (AvgIpc) is 2.81. The van der Waals surface area contributed by atoms with Gasteiger partial charge < -0.3 is 14.7 Å². The number of aliphatic hydroxyl groups excluding tert-OH is 1. The fourth-order valence-electron chi connectivity index (χ4n) is 2.65. The number of benzene rings is 1. The highest BCUT2D eigenvalue weighted by Gasteiger charge is 2.37. The van der Waals surface area contributed by atoms with Crippen molar-refractivity contribution >= 4 is 6.09 Å². The first kappa shape index (κ1) is 15.8. The molecule has 1 heterocycles. The van der Waals surface area contributed by atoms with Gasteiger partial charge in [-0.15, -0.1) is 0 Å². The van der Waals surface area contributed by atoms with Crippen LogP contribution in [-0.2, 0) is 4.74 Å². The van der Waals surface area contributed by atoms with Crippen molar-refractivity contribution in [2.45, 2.75) is 32.3 Å². The Kier molecular flexibility index (Phi) is 4.52. The molecule has 2 atom stereocenters. The zero-order valence-electron chi connectivity index (χ0n) is 12.7. The van der Waals surface area contributed by atoms with Gasteiger partial charge in [-0.1, -0.05) is 12.1 Å². The number of carbonyl (C=O) groups excluding carboxylic acids is 1. The molecular weight excluding hydrogens is 273 g/mol. The van der Waals surface area contributed by atoms with E-state index in [2.05, 4.69) is 0 Å². The number of hydrogen-bond donors (Lipinski definition) is 1. The van der Waals surface area contributed by atoms with Crippen LogP contribution in [0, 0.1) is 11.7 Å². The number of nitrogens with zero attached hydrogens (tertiary/aromatic N) is 1. The largest absolute Gasteiger partial charge is 0.444 e. The van der Waals surface area contributed by atoms with Crippen LogP contribution in [0.25, 0.3) is 0 Å². The summed E-state index contributed by atoms with van der Waals surface area (Å²) in [6.07, 6.45) is -0.389. The van der Waals surface area contributed by atoms with Crippen LogP contribution in [0.2, 0.25) is 0 Å². The van der Waals surface area contributed by atoms with Gasteiger partial charge in [-0.2, -0.15) is 0 Å². The first-order valence-electron chi connectivity index (χ1n) is 7.14. The molecular formula is C16H22FNO3. The zero-order valence-corrected chi connectivity index (χ0v) is 12.7. The standard InChI is InChI=1S/C16H22FNO3/c1-16(2,3)21-15(20)18-8-12(10-19)14(9-18)11-5-4-6-13(17)7-11/h4-7,12,14,19H,8-10H2,1-3H3. The molecule has 1 amide bonds. The number of carbonyl (C=O) groups is 1. The Hall–Kier alpha value is -1.62. The van der Waals surface area contributed by atoms with Gasteiger partial charge in [-0.25, -0.2) is 9.18 Å². The van der Waals surface area contributed by atoms with E-state index in [1.807, 2.05) is 26.8 Å². The summed E-state index contributed by atoms with van der Waals surface area (Å²) >= 11 is 0. The lowest BCUT2D eigenvalue weighted by Gasteiger charge is -2.24. The monoisotopic (exact) mass is 295 g/mol. The van der Waals surface area contributed by atoms with Crippen molar-refractivity contribution < 1.29 is 19.0 Å². The van der Waals surface area contributed by atoms with Crippen molar-refractivity contribution in [3.05, 3.63) is 35.6 Å². The summed E-state index contributed by atoms with van der Waals surface area (Å²) in [6.45, 7) is 6.26. The van der Waals surface area contributed by atoms with Crippen LogP contribution in [0.4, 0.5) is 9.18 Å². The maximum absolute atomic E-state index is 13.4. The molecule has 0 bridgehead atoms. The molecule has 1 aliphatic rings. The van der Waals surface area contributed by atoms with E-state index in [1.54, 1.807) is 11.0 Å². The zero-order chi connectivity index (χ0) is 15.6. The molecule has 1 fully saturated rings. The van der Waals surface area contributed by atoms with Crippen molar-refractivity contribution in [1.82, 2.24) is 4.90 Å². The van der Waals surface area contributed by atoms with E-state index in [9.17, 15) is 14.3 Å². The molecule has 0 aliphatic carbocycles. The molecule has 21 heavy (non-hydrogen) atoms. The van der Waals surface area contributed by atoms with Crippen LogP contribution in [0.5, 0.6) is 0 Å². The molecule has 2 unspecified atom stereocenters. The van der Waals surface area contributed by atoms with Gasteiger partial charge in [-0.3, -0.25) is 0 Å². The molecule has 1 aromatic rings. The van der Waals surface area contributed by atoms with E-state index in [1.165, 1.54) is 12.1 Å². The van der Waals surface area contributed by atoms with Gasteiger partial charge in [0.05, 0.1) is 0 Å². The van der Waals surface area contributed by atoms with Gasteiger partial charge in [-0.05, 0) is 38.5 Å². The lowest BCUT2D eigenvalue weighted by Crippen LogP contribution is -2.35. The fourth-order valence-corrected chi connectivity index (χ4v) is 2.65. The Morgan fingerprint density at radius 1 is 1.43 bits per heavy atom. The van der Waals surface area contributed by atoms with E-state index in [-0.39, 0.29) is 30.4 Å². The topological polar surface area (TPSA) is 49.8 Å². The van der Waals surface area contributed by atoms with Crippen LogP contribution in [0.1, 0.15) is 32.3 Å². The molecule has 1 N–H and O–H groups in total. The molecule has 5 heteroatoms. The van der Waals surface area contributed by atoms with E-state index in [0.29, 0.717) is 13.1 Å². The van der Waals surface area contributed by atoms with E-state index in [4.69, 9.17) is 4.74 Å². The third-order valence-corrected chi connectivity index (χ3v) is 3.60. The van der Waals surface area contributed by atoms with Crippen LogP contribution in [-0.4, -0.2) is 41.4 Å². The van der Waals surface area contributed by atoms with E-state index in [0.717, 1.165) is 5.56 Å². The Morgan fingerprint density at radius 2 is 2.14 bits per heavy atom. The SMILES string of the molecule is CC(C)(C)OC(=O)N1CC(CO)C(c2cccc(F)c2)C1. The third-order valence-electron chi connectivity index (χ3n) is 3.60. The highest BCUT2D eigenvalue weighted by Crippen LogP contribution is 2.33. The second-order valence-corrected chi connectivity index (χ2v) is 6.49. The number of amides is 1. The molecule has 116 valence electrons. The molecule has 0 spiro atoms. The Balaban J connectivity index is 2.12. The average molecular weight is 295 g/mol. The van der Waals surface area contributed by atoms with Gasteiger partial charge in [0, 0.05) is 31.5 Å². The molecule has 1 aliphatic heterocycles. The summed E-state index contributed by atoms with van der Waals surface area (Å²) in [4.78, 5) is 13.7. The van der Waals surface area contributed by atoms with Gasteiger partial charge >= 0.3 is 6.09 Å². The summed E-state index contributed by atoms with van der Waals surface area (Å²) in [5.41, 5.74) is 0.253. The minimum absolute atomic E-state index is 0.0412. The second-order valence-electron chi connectivity index (χ2n) is 6.49. The van der Waals surface area contributed by atoms with Crippen LogP contribution >= 0.6 is 0 Å². The van der Waals surface area contributed by atoms with Crippen LogP contribution < -0.4 is 0 Å². The molecule has 0 aromatic heterocycles. The number of aliphatic hydroxyl groups is 1. The first-order valence-corrected chi connectivity index (χ1v) is 7.14. The summed E-state index contributed by atoms with van der Waals surface area (Å²) in [7, 11) is 0. The van der Waals surface area contributed by atoms with Crippen molar-refractivity contribution in [3.8, 4) is 0 Å². The summed E-state index contributed by atoms with van der Waals surface area (Å²) in [6, 6.07) is 6.33. The summed E-state index contributed by atoms with van der Waals surface area (Å²) < 4.78 is 18.7. The number of hydrogen-bond acceptors (Lipinski definition) is 3. The van der Waals surface area contributed by atoms with Crippen molar-refractivity contribution in [2.24, 2.45) is 5.92 Å². The summed E-state index contributed by atoms with van der Waals surface area (Å²) in [5, 5.41) is 9.53. The van der Waals surface area contributed by atoms with Gasteiger partial charge in [0.15, 0.2) is 0 Å². The number of halogens is 1. The quantitative estimate of drug-likeness (QED) is 0.912. The van der Waals surface area contributed by atoms with Crippen molar-refractivity contribution in [2.75, 3.05) is 19.7 Å². The fraction of sp³-hybridized carbons (Fsp3) is 0.562. The Morgan fingerprint density at radius 3 is 2.71 bits per heavy atom. The number of rotatable bonds is 2. The minimum Gasteiger partial charge on any atom is -0.444 e. The summed E-state index contributed by atoms with van der Waals surface area (Å²) in [5.74, 6) is -0.475. The van der Waals surface area contributed by atoms with Gasteiger partial charge in [0.1, 0.15) is 11.4 Å². The molecule has 2 rings (SSSR count). The smallest absolute Gasteiger partial charge is 0.410 e. The van der Waals surface area contributed by atoms with E-state index < -0.39 is 5.60 Å². The van der Waals surface area contributed by atoms with Gasteiger partial charge in [0.2, 0.25) is 0 Å². The normalized spacial score (nSPS) is 22.4. The van der Waals surface area contributed by atoms with E-state index >= 15 is 0 Å². The predicted molar refractivity (Wildman–Crippen MR) is 77.5 cm³/mol. The molecule has 1 saturated heterocycles.